The molecule has 1 aromatic heterocycles. The van der Waals surface area contributed by atoms with Crippen LogP contribution in [0.4, 0.5) is 0 Å². The van der Waals surface area contributed by atoms with Gasteiger partial charge in [-0.15, -0.1) is 5.10 Å². The maximum absolute atomic E-state index is 4.10. The molecule has 5 rings (SSSR count). The standard InChI is InChI=1S/C14H21N3S/c1-9-2-11-4-10(1)5-12(3-9)14(11)7-15-6-13-8-18-17-16-13/h8-12,14-15H,1-7H2. The normalized spacial score (nSPS) is 41.4. The van der Waals surface area contributed by atoms with Crippen LogP contribution in [-0.4, -0.2) is 16.1 Å². The molecular weight excluding hydrogens is 242 g/mol. The van der Waals surface area contributed by atoms with Crippen molar-refractivity contribution in [1.82, 2.24) is 14.9 Å². The fourth-order valence-corrected chi connectivity index (χ4v) is 5.45. The van der Waals surface area contributed by atoms with Gasteiger partial charge in [-0.25, -0.2) is 0 Å². The second kappa shape index (κ2) is 4.57. The highest BCUT2D eigenvalue weighted by Crippen LogP contribution is 2.56. The van der Waals surface area contributed by atoms with Crippen molar-refractivity contribution in [3.8, 4) is 0 Å². The van der Waals surface area contributed by atoms with E-state index < -0.39 is 0 Å². The van der Waals surface area contributed by atoms with E-state index in [0.717, 1.165) is 41.8 Å². The molecule has 0 spiro atoms. The largest absolute Gasteiger partial charge is 0.311 e. The monoisotopic (exact) mass is 263 g/mol. The number of aromatic nitrogens is 2. The van der Waals surface area contributed by atoms with Gasteiger partial charge in [0.05, 0.1) is 5.69 Å². The van der Waals surface area contributed by atoms with E-state index in [-0.39, 0.29) is 0 Å². The summed E-state index contributed by atoms with van der Waals surface area (Å²) in [5, 5.41) is 9.76. The van der Waals surface area contributed by atoms with Crippen LogP contribution in [0.25, 0.3) is 0 Å². The van der Waals surface area contributed by atoms with E-state index in [1.54, 1.807) is 6.42 Å². The Morgan fingerprint density at radius 3 is 2.44 bits per heavy atom. The molecule has 1 heterocycles. The molecule has 0 unspecified atom stereocenters. The molecule has 98 valence electrons. The molecule has 0 aromatic carbocycles. The summed E-state index contributed by atoms with van der Waals surface area (Å²) in [7, 11) is 0. The molecule has 4 aliphatic rings. The first-order valence-electron chi connectivity index (χ1n) is 7.35. The molecule has 4 bridgehead atoms. The summed E-state index contributed by atoms with van der Waals surface area (Å²) in [6.07, 6.45) is 7.65. The van der Waals surface area contributed by atoms with Crippen molar-refractivity contribution in [1.29, 1.82) is 0 Å². The van der Waals surface area contributed by atoms with Gasteiger partial charge < -0.3 is 5.32 Å². The average Bonchev–Trinajstić information content (AvgIpc) is 2.85. The molecule has 0 aliphatic heterocycles. The van der Waals surface area contributed by atoms with Gasteiger partial charge in [0.25, 0.3) is 0 Å². The first-order valence-corrected chi connectivity index (χ1v) is 8.19. The Labute approximate surface area is 113 Å². The zero-order chi connectivity index (χ0) is 11.9. The van der Waals surface area contributed by atoms with Crippen LogP contribution >= 0.6 is 11.5 Å². The van der Waals surface area contributed by atoms with Gasteiger partial charge in [0.2, 0.25) is 0 Å². The van der Waals surface area contributed by atoms with Crippen molar-refractivity contribution in [3.05, 3.63) is 11.1 Å². The Balaban J connectivity index is 1.35. The van der Waals surface area contributed by atoms with Crippen LogP contribution in [0.2, 0.25) is 0 Å². The van der Waals surface area contributed by atoms with Crippen molar-refractivity contribution >= 4 is 11.5 Å². The molecule has 4 aliphatic carbocycles. The van der Waals surface area contributed by atoms with Gasteiger partial charge in [-0.2, -0.15) is 0 Å². The van der Waals surface area contributed by atoms with Crippen molar-refractivity contribution < 1.29 is 0 Å². The molecule has 18 heavy (non-hydrogen) atoms. The molecule has 4 fully saturated rings. The maximum Gasteiger partial charge on any atom is 0.0893 e. The molecule has 0 radical (unpaired) electrons. The summed E-state index contributed by atoms with van der Waals surface area (Å²) in [6.45, 7) is 2.10. The van der Waals surface area contributed by atoms with Crippen LogP contribution in [0.3, 0.4) is 0 Å². The van der Waals surface area contributed by atoms with Gasteiger partial charge in [-0.3, -0.25) is 0 Å². The molecular formula is C14H21N3S. The number of rotatable bonds is 4. The lowest BCUT2D eigenvalue weighted by Crippen LogP contribution is -2.48. The van der Waals surface area contributed by atoms with E-state index in [4.69, 9.17) is 0 Å². The van der Waals surface area contributed by atoms with Crippen LogP contribution in [0, 0.1) is 29.6 Å². The smallest absolute Gasteiger partial charge is 0.0893 e. The van der Waals surface area contributed by atoms with Gasteiger partial charge >= 0.3 is 0 Å². The number of nitrogens with zero attached hydrogens (tertiary/aromatic N) is 2. The van der Waals surface area contributed by atoms with Gasteiger partial charge in [0.1, 0.15) is 0 Å². The second-order valence-electron chi connectivity index (χ2n) is 6.62. The minimum Gasteiger partial charge on any atom is -0.311 e. The molecule has 1 aromatic rings. The van der Waals surface area contributed by atoms with E-state index in [1.165, 1.54) is 43.8 Å². The number of hydrogen-bond donors (Lipinski definition) is 1. The summed E-state index contributed by atoms with van der Waals surface area (Å²) in [6, 6.07) is 0. The molecule has 4 saturated carbocycles. The van der Waals surface area contributed by atoms with E-state index in [2.05, 4.69) is 14.9 Å². The van der Waals surface area contributed by atoms with Crippen LogP contribution in [-0.2, 0) is 6.54 Å². The molecule has 3 nitrogen and oxygen atoms in total. The van der Waals surface area contributed by atoms with Crippen LogP contribution in [0.1, 0.15) is 37.8 Å². The minimum atomic E-state index is 0.902. The van der Waals surface area contributed by atoms with Crippen LogP contribution in [0.5, 0.6) is 0 Å². The SMILES string of the molecule is c1snnc1CNCC1C2CC3CC(C2)CC1C3. The van der Waals surface area contributed by atoms with Crippen molar-refractivity contribution in [2.45, 2.75) is 38.6 Å². The summed E-state index contributed by atoms with van der Waals surface area (Å²) in [4.78, 5) is 0. The lowest BCUT2D eigenvalue weighted by atomic mass is 9.52. The van der Waals surface area contributed by atoms with Crippen molar-refractivity contribution in [3.63, 3.8) is 0 Å². The summed E-state index contributed by atoms with van der Waals surface area (Å²) in [5.74, 6) is 5.19. The van der Waals surface area contributed by atoms with Crippen molar-refractivity contribution in [2.75, 3.05) is 6.54 Å². The molecule has 0 atom stereocenters. The predicted octanol–water partition coefficient (Wildman–Crippen LogP) is 2.70. The third kappa shape index (κ3) is 1.99. The Hall–Kier alpha value is -0.480. The fraction of sp³-hybridized carbons (Fsp3) is 0.857. The van der Waals surface area contributed by atoms with Gasteiger partial charge in [0.15, 0.2) is 0 Å². The lowest BCUT2D eigenvalue weighted by molar-refractivity contribution is -0.0355. The third-order valence-corrected chi connectivity index (χ3v) is 6.07. The first-order chi connectivity index (χ1) is 8.88. The Morgan fingerprint density at radius 1 is 1.11 bits per heavy atom. The molecule has 0 amide bonds. The van der Waals surface area contributed by atoms with Crippen LogP contribution in [0.15, 0.2) is 5.38 Å². The van der Waals surface area contributed by atoms with Gasteiger partial charge in [0, 0.05) is 11.9 Å². The average molecular weight is 263 g/mol. The lowest BCUT2D eigenvalue weighted by Gasteiger charge is -2.54. The number of nitrogens with one attached hydrogen (secondary N) is 1. The number of hydrogen-bond acceptors (Lipinski definition) is 4. The maximum atomic E-state index is 4.10. The van der Waals surface area contributed by atoms with Crippen molar-refractivity contribution in [2.24, 2.45) is 29.6 Å². The Morgan fingerprint density at radius 2 is 1.83 bits per heavy atom. The minimum absolute atomic E-state index is 0.902. The highest BCUT2D eigenvalue weighted by atomic mass is 32.1. The van der Waals surface area contributed by atoms with E-state index in [1.807, 2.05) is 5.38 Å². The van der Waals surface area contributed by atoms with Gasteiger partial charge in [-0.05, 0) is 79.8 Å². The highest BCUT2D eigenvalue weighted by Gasteiger charge is 2.47. The quantitative estimate of drug-likeness (QED) is 0.907. The first kappa shape index (κ1) is 11.4. The second-order valence-corrected chi connectivity index (χ2v) is 7.23. The molecule has 1 N–H and O–H groups in total. The molecule has 4 heteroatoms. The van der Waals surface area contributed by atoms with E-state index in [9.17, 15) is 0 Å². The summed E-state index contributed by atoms with van der Waals surface area (Å²) in [5.41, 5.74) is 1.10. The summed E-state index contributed by atoms with van der Waals surface area (Å²) >= 11 is 1.45. The van der Waals surface area contributed by atoms with Gasteiger partial charge in [-0.1, -0.05) is 4.49 Å². The highest BCUT2D eigenvalue weighted by molar-refractivity contribution is 7.03. The summed E-state index contributed by atoms with van der Waals surface area (Å²) < 4.78 is 3.91. The zero-order valence-electron chi connectivity index (χ0n) is 10.7. The topological polar surface area (TPSA) is 37.8 Å². The van der Waals surface area contributed by atoms with E-state index in [0.29, 0.717) is 0 Å². The predicted molar refractivity (Wildman–Crippen MR) is 72.2 cm³/mol. The zero-order valence-corrected chi connectivity index (χ0v) is 11.5. The Kier molecular flexibility index (Phi) is 2.88. The molecule has 0 saturated heterocycles. The fourth-order valence-electron chi connectivity index (χ4n) is 5.00. The Bertz CT molecular complexity index is 375. The van der Waals surface area contributed by atoms with Crippen LogP contribution < -0.4 is 5.32 Å². The van der Waals surface area contributed by atoms with E-state index >= 15 is 0 Å². The third-order valence-electron chi connectivity index (χ3n) is 5.51.